The van der Waals surface area contributed by atoms with Gasteiger partial charge in [-0.05, 0) is 98.8 Å². The van der Waals surface area contributed by atoms with Gasteiger partial charge in [0.15, 0.2) is 0 Å². The summed E-state index contributed by atoms with van der Waals surface area (Å²) in [6, 6.07) is 12.4. The smallest absolute Gasteiger partial charge is 0.252 e. The monoisotopic (exact) mass is 881 g/mol. The van der Waals surface area contributed by atoms with Crippen LogP contribution in [0.2, 0.25) is 0 Å². The maximum atomic E-state index is 14.6. The Morgan fingerprint density at radius 1 is 0.891 bits per heavy atom. The van der Waals surface area contributed by atoms with Gasteiger partial charge in [-0.25, -0.2) is 0 Å². The van der Waals surface area contributed by atoms with Gasteiger partial charge in [0.1, 0.15) is 61.2 Å². The molecule has 1 heterocycles. The van der Waals surface area contributed by atoms with Gasteiger partial charge in [-0.2, -0.15) is 5.26 Å². The fraction of sp³-hybridized carbons (Fsp3) is 0.489. The minimum Gasteiger partial charge on any atom is -0.493 e. The second kappa shape index (κ2) is 22.9. The van der Waals surface area contributed by atoms with Crippen LogP contribution in [0, 0.1) is 23.7 Å². The van der Waals surface area contributed by atoms with Crippen LogP contribution >= 0.6 is 0 Å². The lowest BCUT2D eigenvalue weighted by molar-refractivity contribution is -0.141. The summed E-state index contributed by atoms with van der Waals surface area (Å²) in [4.78, 5) is 71.3. The number of nitrogens with one attached hydrogen (secondary N) is 4. The molecule has 3 aromatic carbocycles. The van der Waals surface area contributed by atoms with Crippen LogP contribution in [0.5, 0.6) is 17.2 Å². The number of nitrogens with two attached hydrogens (primary N) is 3. The quantitative estimate of drug-likeness (QED) is 0.0965. The summed E-state index contributed by atoms with van der Waals surface area (Å²) < 4.78 is 18.4. The highest BCUT2D eigenvalue weighted by atomic mass is 16.5. The number of carbonyl (C=O) groups excluding carboxylic acids is 5. The summed E-state index contributed by atoms with van der Waals surface area (Å²) in [5.41, 5.74) is 20.7. The number of hydrogen-bond acceptors (Lipinski definition) is 12. The zero-order valence-electron chi connectivity index (χ0n) is 37.3. The number of hydrogen-bond donors (Lipinski definition) is 7. The molecular formula is C47H63N9O8. The van der Waals surface area contributed by atoms with Crippen LogP contribution in [-0.4, -0.2) is 106 Å². The third kappa shape index (κ3) is 12.5. The first-order chi connectivity index (χ1) is 30.7. The fourth-order valence-electron chi connectivity index (χ4n) is 8.15. The molecular weight excluding hydrogens is 819 g/mol. The Labute approximate surface area is 375 Å². The Morgan fingerprint density at radius 2 is 1.56 bits per heavy atom. The van der Waals surface area contributed by atoms with Crippen LogP contribution in [0.4, 0.5) is 0 Å². The Balaban J connectivity index is 1.52. The van der Waals surface area contributed by atoms with Crippen molar-refractivity contribution < 1.29 is 38.2 Å². The number of nitriles is 1. The largest absolute Gasteiger partial charge is 0.493 e. The van der Waals surface area contributed by atoms with E-state index in [1.165, 1.54) is 38.1 Å². The van der Waals surface area contributed by atoms with E-state index in [9.17, 15) is 24.0 Å². The maximum Gasteiger partial charge on any atom is 0.252 e. The highest BCUT2D eigenvalue weighted by Gasteiger charge is 2.36. The lowest BCUT2D eigenvalue weighted by atomic mass is 9.76. The van der Waals surface area contributed by atoms with Crippen LogP contribution in [0.1, 0.15) is 85.5 Å². The average Bonchev–Trinajstić information content (AvgIpc) is 3.28. The molecule has 3 aromatic rings. The predicted molar refractivity (Wildman–Crippen MR) is 241 cm³/mol. The molecule has 1 saturated carbocycles. The lowest BCUT2D eigenvalue weighted by Crippen LogP contribution is -2.56. The second-order valence-electron chi connectivity index (χ2n) is 16.8. The van der Waals surface area contributed by atoms with Crippen molar-refractivity contribution in [2.45, 2.75) is 89.9 Å². The molecule has 17 heteroatoms. The third-order valence-electron chi connectivity index (χ3n) is 11.7. The van der Waals surface area contributed by atoms with E-state index in [-0.39, 0.29) is 57.6 Å². The number of aryl methyl sites for hydroxylation is 1. The van der Waals surface area contributed by atoms with Gasteiger partial charge >= 0.3 is 0 Å². The van der Waals surface area contributed by atoms with Gasteiger partial charge in [0.25, 0.3) is 5.91 Å². The first-order valence-corrected chi connectivity index (χ1v) is 21.9. The fourth-order valence-corrected chi connectivity index (χ4v) is 8.15. The molecule has 5 amide bonds. The van der Waals surface area contributed by atoms with E-state index in [1.807, 2.05) is 12.1 Å². The topological polar surface area (TPSA) is 266 Å². The van der Waals surface area contributed by atoms with Crippen LogP contribution in [-0.2, 0) is 25.6 Å². The minimum atomic E-state index is -1.37. The van der Waals surface area contributed by atoms with Crippen molar-refractivity contribution in [1.29, 1.82) is 5.26 Å². The number of amides is 5. The van der Waals surface area contributed by atoms with Crippen molar-refractivity contribution >= 4 is 29.5 Å². The van der Waals surface area contributed by atoms with Crippen molar-refractivity contribution in [2.75, 3.05) is 53.0 Å². The van der Waals surface area contributed by atoms with Gasteiger partial charge in [-0.1, -0.05) is 38.3 Å². The molecule has 17 nitrogen and oxygen atoms in total. The highest BCUT2D eigenvalue weighted by Crippen LogP contribution is 2.40. The molecule has 1 aliphatic carbocycles. The molecule has 344 valence electrons. The van der Waals surface area contributed by atoms with Crippen molar-refractivity contribution in [3.63, 3.8) is 0 Å². The molecule has 0 unspecified atom stereocenters. The van der Waals surface area contributed by atoms with E-state index < -0.39 is 53.7 Å². The molecule has 4 bridgehead atoms. The Kier molecular flexibility index (Phi) is 17.5. The van der Waals surface area contributed by atoms with Crippen LogP contribution < -0.4 is 52.7 Å². The standard InChI is InChI=1S/C47H63N9O8/c1-29-24-33(64-28-47(3)15-6-5-7-16-47)10-11-34(29)43(58)54-37(14-17-48)46(61)56(4)41-32-9-13-40(63-23-20-51)36(27-32)35-25-31(8-12-39(35)62-22-19-50)26-38(44(59)52-21-18-49)55-42(57)30(2)53-45(41)60/h8-13,24-25,27,30,37-38,41H,5-7,14-17,19-23,26,28,48,50-51H2,1-4H3,(H,52,59)(H,53,60)(H,54,58)(H,55,57)/t30-,37-,38-,41-/m0/s1. The third-order valence-corrected chi connectivity index (χ3v) is 11.7. The maximum absolute atomic E-state index is 14.6. The van der Waals surface area contributed by atoms with E-state index in [1.54, 1.807) is 55.5 Å². The van der Waals surface area contributed by atoms with E-state index in [0.717, 1.165) is 12.8 Å². The van der Waals surface area contributed by atoms with E-state index in [0.29, 0.717) is 57.2 Å². The molecule has 1 fully saturated rings. The summed E-state index contributed by atoms with van der Waals surface area (Å²) >= 11 is 0. The van der Waals surface area contributed by atoms with E-state index in [2.05, 4.69) is 28.2 Å². The van der Waals surface area contributed by atoms with Crippen LogP contribution in [0.3, 0.4) is 0 Å². The van der Waals surface area contributed by atoms with Gasteiger partial charge < -0.3 is 57.6 Å². The van der Waals surface area contributed by atoms with Gasteiger partial charge in [0, 0.05) is 48.7 Å². The molecule has 2 aliphatic rings. The minimum absolute atomic E-state index is 0.0115. The number of fused-ring (bicyclic) bond motifs is 5. The molecule has 0 spiro atoms. The summed E-state index contributed by atoms with van der Waals surface area (Å²) in [5, 5.41) is 20.0. The molecule has 5 rings (SSSR count). The Hall–Kier alpha value is -6.22. The number of ether oxygens (including phenoxy) is 3. The number of likely N-dealkylation sites (N-methyl/N-ethyl adjacent to an activating group) is 1. The Morgan fingerprint density at radius 3 is 2.20 bits per heavy atom. The lowest BCUT2D eigenvalue weighted by Gasteiger charge is -2.33. The summed E-state index contributed by atoms with van der Waals surface area (Å²) in [6.45, 7) is 6.52. The molecule has 0 radical (unpaired) electrons. The molecule has 4 atom stereocenters. The number of benzene rings is 3. The molecule has 10 N–H and O–H groups in total. The first kappa shape index (κ1) is 48.8. The summed E-state index contributed by atoms with van der Waals surface area (Å²) in [6.07, 6.45) is 5.87. The van der Waals surface area contributed by atoms with Crippen LogP contribution in [0.25, 0.3) is 11.1 Å². The number of carbonyl (C=O) groups is 5. The number of nitrogens with zero attached hydrogens (tertiary/aromatic N) is 2. The highest BCUT2D eigenvalue weighted by molar-refractivity contribution is 6.00. The van der Waals surface area contributed by atoms with Crippen molar-refractivity contribution in [3.8, 4) is 34.4 Å². The van der Waals surface area contributed by atoms with Crippen molar-refractivity contribution in [1.82, 2.24) is 26.2 Å². The van der Waals surface area contributed by atoms with Gasteiger partial charge in [-0.3, -0.25) is 24.0 Å². The van der Waals surface area contributed by atoms with Crippen molar-refractivity contribution in [3.05, 3.63) is 76.9 Å². The van der Waals surface area contributed by atoms with E-state index >= 15 is 0 Å². The van der Waals surface area contributed by atoms with Crippen LogP contribution in [0.15, 0.2) is 54.6 Å². The molecule has 1 aliphatic heterocycles. The number of rotatable bonds is 17. The molecule has 0 aromatic heterocycles. The van der Waals surface area contributed by atoms with Gasteiger partial charge in [-0.15, -0.1) is 0 Å². The SMILES string of the molecule is Cc1cc(OCC2(C)CCCCC2)ccc1C(=O)N[C@@H](CCN)C(=O)N(C)[C@@H]1C(=O)N[C@@H](C)C(=O)N[C@H](C(=O)NCC#N)Cc2ccc(OCCN)c(c2)-c2cc1ccc2OCCN. The molecule has 64 heavy (non-hydrogen) atoms. The van der Waals surface area contributed by atoms with Gasteiger partial charge in [0.2, 0.25) is 23.6 Å². The normalized spacial score (nSPS) is 18.8. The summed E-state index contributed by atoms with van der Waals surface area (Å²) in [7, 11) is 1.44. The molecule has 0 saturated heterocycles. The summed E-state index contributed by atoms with van der Waals surface area (Å²) in [5.74, 6) is -1.72. The second-order valence-corrected chi connectivity index (χ2v) is 16.8. The average molecular weight is 882 g/mol. The van der Waals surface area contributed by atoms with Gasteiger partial charge in [0.05, 0.1) is 12.7 Å². The first-order valence-electron chi connectivity index (χ1n) is 21.9. The zero-order valence-corrected chi connectivity index (χ0v) is 37.3. The zero-order chi connectivity index (χ0) is 46.4. The Bertz CT molecular complexity index is 2190. The van der Waals surface area contributed by atoms with E-state index in [4.69, 9.17) is 36.7 Å². The van der Waals surface area contributed by atoms with Crippen molar-refractivity contribution in [2.24, 2.45) is 22.6 Å². The predicted octanol–water partition coefficient (Wildman–Crippen LogP) is 2.52.